The largest absolute Gasteiger partial charge is 0.460 e. The van der Waals surface area contributed by atoms with Gasteiger partial charge < -0.3 is 9.47 Å². The molecule has 8 heteroatoms. The summed E-state index contributed by atoms with van der Waals surface area (Å²) in [5.41, 5.74) is 2.63. The van der Waals surface area contributed by atoms with Crippen LogP contribution in [0.2, 0.25) is 0 Å². The zero-order chi connectivity index (χ0) is 19.4. The molecule has 3 rings (SSSR count). The summed E-state index contributed by atoms with van der Waals surface area (Å²) in [5.74, 6) is -0.538. The second kappa shape index (κ2) is 9.25. The molecule has 2 aromatic carbocycles. The summed E-state index contributed by atoms with van der Waals surface area (Å²) >= 11 is 0. The molecule has 0 bridgehead atoms. The van der Waals surface area contributed by atoms with Gasteiger partial charge in [-0.05, 0) is 18.6 Å². The Morgan fingerprint density at radius 1 is 1.14 bits per heavy atom. The van der Waals surface area contributed by atoms with Gasteiger partial charge in [-0.1, -0.05) is 30.3 Å². The molecule has 0 saturated heterocycles. The second-order valence-electron chi connectivity index (χ2n) is 5.90. The number of aromatic nitrogens is 1. The van der Waals surface area contributed by atoms with E-state index in [1.165, 1.54) is 19.2 Å². The third-order valence-corrected chi connectivity index (χ3v) is 4.15. The van der Waals surface area contributed by atoms with Crippen LogP contribution in [-0.4, -0.2) is 36.2 Å². The summed E-state index contributed by atoms with van der Waals surface area (Å²) in [7, 11) is 1.52. The zero-order valence-electron chi connectivity index (χ0n) is 15.4. The lowest BCUT2D eigenvalue weighted by Crippen LogP contribution is -2.14. The lowest BCUT2D eigenvalue weighted by Gasteiger charge is -2.15. The van der Waals surface area contributed by atoms with Crippen LogP contribution in [0.5, 0.6) is 0 Å². The fraction of sp³-hybridized carbons (Fsp3) is 0.200. The minimum atomic E-state index is -0.538. The Morgan fingerprint density at radius 2 is 1.86 bits per heavy atom. The Labute approximate surface area is 167 Å². The molecule has 146 valence electrons. The van der Waals surface area contributed by atoms with Gasteiger partial charge in [0.15, 0.2) is 0 Å². The van der Waals surface area contributed by atoms with Crippen LogP contribution in [0.1, 0.15) is 16.1 Å². The number of carbonyl (C=O) groups excluding carboxylic acids is 1. The molecule has 3 aromatic rings. The standard InChI is InChI=1S/C20H18N2O5.ClH/c1-13-18(20(23)27-11-10-26-2)19(14-6-4-3-5-7-14)16-12-15(22(24)25)8-9-17(16)21-13;/h3-9,12H,10-11H2,1-2H3;1H. The molecule has 1 aromatic heterocycles. The van der Waals surface area contributed by atoms with Crippen LogP contribution in [0.25, 0.3) is 22.0 Å². The van der Waals surface area contributed by atoms with Crippen LogP contribution in [0.15, 0.2) is 48.5 Å². The zero-order valence-corrected chi connectivity index (χ0v) is 16.2. The number of aryl methyl sites for hydroxylation is 1. The summed E-state index contributed by atoms with van der Waals surface area (Å²) in [6.45, 7) is 2.11. The summed E-state index contributed by atoms with van der Waals surface area (Å²) in [6.07, 6.45) is 0. The van der Waals surface area contributed by atoms with Crippen LogP contribution in [-0.2, 0) is 9.47 Å². The molecule has 0 aliphatic rings. The number of benzene rings is 2. The number of halogens is 1. The first kappa shape index (κ1) is 21.3. The first-order valence-corrected chi connectivity index (χ1v) is 8.33. The van der Waals surface area contributed by atoms with Crippen molar-refractivity contribution in [1.82, 2.24) is 4.98 Å². The number of non-ortho nitro benzene ring substituents is 1. The van der Waals surface area contributed by atoms with Crippen LogP contribution < -0.4 is 0 Å². The first-order valence-electron chi connectivity index (χ1n) is 8.33. The smallest absolute Gasteiger partial charge is 0.340 e. The molecule has 0 fully saturated rings. The van der Waals surface area contributed by atoms with Gasteiger partial charge in [-0.3, -0.25) is 15.1 Å². The van der Waals surface area contributed by atoms with Crippen molar-refractivity contribution in [2.75, 3.05) is 20.3 Å². The maximum atomic E-state index is 12.7. The predicted octanol–water partition coefficient (Wildman–Crippen LogP) is 4.34. The van der Waals surface area contributed by atoms with Crippen LogP contribution >= 0.6 is 12.4 Å². The highest BCUT2D eigenvalue weighted by Crippen LogP contribution is 2.35. The number of ether oxygens (including phenoxy) is 2. The summed E-state index contributed by atoms with van der Waals surface area (Å²) in [5, 5.41) is 11.8. The second-order valence-corrected chi connectivity index (χ2v) is 5.90. The van der Waals surface area contributed by atoms with E-state index in [1.807, 2.05) is 30.3 Å². The Bertz CT molecular complexity index is 1010. The summed E-state index contributed by atoms with van der Waals surface area (Å²) in [4.78, 5) is 28.0. The topological polar surface area (TPSA) is 91.6 Å². The number of pyridine rings is 1. The first-order chi connectivity index (χ1) is 13.0. The number of methoxy groups -OCH3 is 1. The molecule has 0 radical (unpaired) electrons. The lowest BCUT2D eigenvalue weighted by atomic mass is 9.94. The van der Waals surface area contributed by atoms with Crippen molar-refractivity contribution in [3.63, 3.8) is 0 Å². The molecule has 0 aliphatic heterocycles. The van der Waals surface area contributed by atoms with E-state index in [0.29, 0.717) is 27.7 Å². The molecule has 0 amide bonds. The minimum absolute atomic E-state index is 0. The summed E-state index contributed by atoms with van der Waals surface area (Å²) < 4.78 is 10.2. The maximum Gasteiger partial charge on any atom is 0.340 e. The summed E-state index contributed by atoms with van der Waals surface area (Å²) in [6, 6.07) is 13.7. The fourth-order valence-electron chi connectivity index (χ4n) is 2.93. The quantitative estimate of drug-likeness (QED) is 0.263. The number of carbonyl (C=O) groups is 1. The van der Waals surface area contributed by atoms with Crippen molar-refractivity contribution < 1.29 is 19.2 Å². The molecule has 0 atom stereocenters. The Hall–Kier alpha value is -3.03. The molecular weight excluding hydrogens is 384 g/mol. The third kappa shape index (κ3) is 4.27. The number of fused-ring (bicyclic) bond motifs is 1. The molecule has 1 heterocycles. The van der Waals surface area contributed by atoms with E-state index in [4.69, 9.17) is 9.47 Å². The maximum absolute atomic E-state index is 12.7. The SMILES string of the molecule is COCCOC(=O)c1c(C)nc2ccc([N+](=O)[O-])cc2c1-c1ccccc1.Cl. The van der Waals surface area contributed by atoms with Crippen LogP contribution in [0.3, 0.4) is 0 Å². The van der Waals surface area contributed by atoms with Gasteiger partial charge in [0.05, 0.1) is 28.3 Å². The van der Waals surface area contributed by atoms with Crippen molar-refractivity contribution in [2.45, 2.75) is 6.92 Å². The number of hydrogen-bond donors (Lipinski definition) is 0. The Morgan fingerprint density at radius 3 is 2.50 bits per heavy atom. The fourth-order valence-corrected chi connectivity index (χ4v) is 2.93. The van der Waals surface area contributed by atoms with Gasteiger partial charge >= 0.3 is 5.97 Å². The van der Waals surface area contributed by atoms with Crippen molar-refractivity contribution in [1.29, 1.82) is 0 Å². The molecule has 28 heavy (non-hydrogen) atoms. The van der Waals surface area contributed by atoms with E-state index < -0.39 is 10.9 Å². The number of esters is 1. The van der Waals surface area contributed by atoms with Crippen molar-refractivity contribution in [2.24, 2.45) is 0 Å². The molecule has 0 N–H and O–H groups in total. The molecule has 7 nitrogen and oxygen atoms in total. The molecule has 0 spiro atoms. The van der Waals surface area contributed by atoms with Crippen molar-refractivity contribution >= 4 is 35.0 Å². The van der Waals surface area contributed by atoms with E-state index in [2.05, 4.69) is 4.98 Å². The molecular formula is C20H19ClN2O5. The predicted molar refractivity (Wildman–Crippen MR) is 108 cm³/mol. The van der Waals surface area contributed by atoms with E-state index in [9.17, 15) is 14.9 Å². The monoisotopic (exact) mass is 402 g/mol. The normalized spacial score (nSPS) is 10.4. The Balaban J connectivity index is 0.00000280. The molecule has 0 unspecified atom stereocenters. The van der Waals surface area contributed by atoms with Gasteiger partial charge in [-0.2, -0.15) is 0 Å². The number of nitro benzene ring substituents is 1. The number of hydrogen-bond acceptors (Lipinski definition) is 6. The third-order valence-electron chi connectivity index (χ3n) is 4.15. The van der Waals surface area contributed by atoms with Crippen molar-refractivity contribution in [3.8, 4) is 11.1 Å². The van der Waals surface area contributed by atoms with E-state index >= 15 is 0 Å². The highest BCUT2D eigenvalue weighted by atomic mass is 35.5. The lowest BCUT2D eigenvalue weighted by molar-refractivity contribution is -0.384. The van der Waals surface area contributed by atoms with Crippen LogP contribution in [0.4, 0.5) is 5.69 Å². The van der Waals surface area contributed by atoms with Gasteiger partial charge in [0.2, 0.25) is 0 Å². The van der Waals surface area contributed by atoms with Gasteiger partial charge in [-0.25, -0.2) is 4.79 Å². The van der Waals surface area contributed by atoms with E-state index in [0.717, 1.165) is 5.56 Å². The van der Waals surface area contributed by atoms with Gasteiger partial charge in [-0.15, -0.1) is 12.4 Å². The van der Waals surface area contributed by atoms with Gasteiger partial charge in [0.25, 0.3) is 5.69 Å². The highest BCUT2D eigenvalue weighted by molar-refractivity contribution is 6.08. The Kier molecular flexibility index (Phi) is 7.03. The number of rotatable bonds is 6. The van der Waals surface area contributed by atoms with Crippen molar-refractivity contribution in [3.05, 3.63) is 69.9 Å². The highest BCUT2D eigenvalue weighted by Gasteiger charge is 2.23. The molecule has 0 aliphatic carbocycles. The van der Waals surface area contributed by atoms with Gasteiger partial charge in [0, 0.05) is 30.2 Å². The van der Waals surface area contributed by atoms with E-state index in [-0.39, 0.29) is 31.3 Å². The number of nitrogens with zero attached hydrogens (tertiary/aromatic N) is 2. The number of nitro groups is 1. The average molecular weight is 403 g/mol. The molecule has 0 saturated carbocycles. The van der Waals surface area contributed by atoms with E-state index in [1.54, 1.807) is 13.0 Å². The average Bonchev–Trinajstić information content (AvgIpc) is 2.67. The minimum Gasteiger partial charge on any atom is -0.460 e. The van der Waals surface area contributed by atoms with Crippen LogP contribution in [0, 0.1) is 17.0 Å². The van der Waals surface area contributed by atoms with Gasteiger partial charge in [0.1, 0.15) is 6.61 Å².